The maximum Gasteiger partial charge on any atom is 0.338 e. The topological polar surface area (TPSA) is 211 Å². The van der Waals surface area contributed by atoms with E-state index in [1.807, 2.05) is 71.3 Å². The molecular weight excluding hydrogens is 1000 g/mol. The Morgan fingerprint density at radius 3 is 2.40 bits per heavy atom. The van der Waals surface area contributed by atoms with E-state index in [1.54, 1.807) is 23.6 Å². The number of likely N-dealkylation sites (tertiary alicyclic amines) is 1. The van der Waals surface area contributed by atoms with E-state index in [0.29, 0.717) is 58.3 Å². The first-order valence-electron chi connectivity index (χ1n) is 25.8. The first kappa shape index (κ1) is 52.2. The molecule has 3 amide bonds. The minimum absolute atomic E-state index is 0.0463. The molecule has 22 heteroatoms. The van der Waals surface area contributed by atoms with Gasteiger partial charge in [-0.05, 0) is 104 Å². The highest BCUT2D eigenvalue weighted by Gasteiger charge is 2.42. The van der Waals surface area contributed by atoms with E-state index in [2.05, 4.69) is 40.5 Å². The van der Waals surface area contributed by atoms with Crippen LogP contribution in [0.25, 0.3) is 32.6 Å². The lowest BCUT2D eigenvalue weighted by Gasteiger charge is -2.34. The molecule has 4 aliphatic rings. The molecule has 0 saturated carbocycles. The summed E-state index contributed by atoms with van der Waals surface area (Å²) in [7, 11) is 0. The van der Waals surface area contributed by atoms with Crippen LogP contribution in [0.4, 0.5) is 15.0 Å². The molecule has 4 fully saturated rings. The van der Waals surface area contributed by atoms with Crippen LogP contribution >= 0.6 is 22.9 Å². The van der Waals surface area contributed by atoms with Crippen molar-refractivity contribution in [2.45, 2.75) is 97.2 Å². The third kappa shape index (κ3) is 11.2. The zero-order valence-electron chi connectivity index (χ0n) is 43.0. The summed E-state index contributed by atoms with van der Waals surface area (Å²) in [6.45, 7) is 15.4. The Balaban J connectivity index is 0.737. The molecule has 0 aliphatic carbocycles. The molecule has 4 atom stereocenters. The second-order valence-electron chi connectivity index (χ2n) is 20.8. The second kappa shape index (κ2) is 22.2. The lowest BCUT2D eigenvalue weighted by molar-refractivity contribution is -0.145. The lowest BCUT2D eigenvalue weighted by atomic mass is 9.92. The fourth-order valence-corrected chi connectivity index (χ4v) is 12.1. The van der Waals surface area contributed by atoms with Crippen LogP contribution in [0.15, 0.2) is 58.7 Å². The van der Waals surface area contributed by atoms with E-state index in [1.165, 1.54) is 22.2 Å². The predicted molar refractivity (Wildman–Crippen MR) is 281 cm³/mol. The van der Waals surface area contributed by atoms with Crippen molar-refractivity contribution in [3.05, 3.63) is 87.6 Å². The minimum atomic E-state index is -0.818. The molecule has 4 saturated heterocycles. The number of rotatable bonds is 16. The molecule has 8 heterocycles. The van der Waals surface area contributed by atoms with Gasteiger partial charge in [-0.25, -0.2) is 24.2 Å². The van der Waals surface area contributed by atoms with Gasteiger partial charge in [0.15, 0.2) is 11.6 Å². The minimum Gasteiger partial charge on any atom is -0.508 e. The first-order chi connectivity index (χ1) is 36.1. The number of carbonyl (C=O) groups is 2. The number of carbonyl (C=O) groups excluding carboxylic acids is 2. The van der Waals surface area contributed by atoms with Gasteiger partial charge in [0.05, 0.1) is 34.1 Å². The number of piperidine rings is 1. The van der Waals surface area contributed by atoms with Crippen molar-refractivity contribution in [3.8, 4) is 39.3 Å². The summed E-state index contributed by atoms with van der Waals surface area (Å²) in [6, 6.07) is 12.3. The number of urea groups is 1. The monoisotopic (exact) mass is 1070 g/mol. The van der Waals surface area contributed by atoms with Gasteiger partial charge >= 0.3 is 12.0 Å². The number of thiazole rings is 1. The number of hydrogen-bond acceptors (Lipinski definition) is 17. The number of halogens is 2. The Bertz CT molecular complexity index is 3010. The van der Waals surface area contributed by atoms with Crippen LogP contribution in [0, 0.1) is 24.6 Å². The van der Waals surface area contributed by atoms with Gasteiger partial charge in [-0.3, -0.25) is 14.7 Å². The SMILES string of the molecule is Cc1ncsc1-c1ccc(C(C)NC(=O)N2CN(O)CN2C(=O)C(c2cc(OCC3CCN(CCOc4nc(N5CC6CCC(C5)N6)c5cnc(-c6cc(O)cc(Cl)c6C(C)C)c(F)c5n4)CC3)no2)C(C)C)cc1. The van der Waals surface area contributed by atoms with Gasteiger partial charge < -0.3 is 39.8 Å². The van der Waals surface area contributed by atoms with E-state index in [4.69, 9.17) is 30.6 Å². The van der Waals surface area contributed by atoms with Crippen LogP contribution < -0.4 is 25.0 Å². The number of amides is 3. The van der Waals surface area contributed by atoms with Crippen LogP contribution in [0.3, 0.4) is 0 Å². The molecule has 4 aliphatic heterocycles. The van der Waals surface area contributed by atoms with E-state index in [0.717, 1.165) is 78.6 Å². The third-order valence-electron chi connectivity index (χ3n) is 14.8. The Morgan fingerprint density at radius 1 is 0.973 bits per heavy atom. The fourth-order valence-electron chi connectivity index (χ4n) is 10.8. The van der Waals surface area contributed by atoms with Gasteiger partial charge in [0.25, 0.3) is 11.8 Å². The molecule has 4 N–H and O–H groups in total. The lowest BCUT2D eigenvalue weighted by Crippen LogP contribution is -2.51. The number of anilines is 1. The summed E-state index contributed by atoms with van der Waals surface area (Å²) < 4.78 is 35.0. The number of fused-ring (bicyclic) bond motifs is 3. The molecule has 4 aromatic heterocycles. The molecular formula is C53H64ClFN12O7S. The number of hydrogen-bond donors (Lipinski definition) is 4. The molecule has 398 valence electrons. The predicted octanol–water partition coefficient (Wildman–Crippen LogP) is 8.72. The number of piperazine rings is 1. The molecule has 2 aromatic carbocycles. The number of nitrogens with zero attached hydrogens (tertiary/aromatic N) is 10. The Hall–Kier alpha value is -6.23. The van der Waals surface area contributed by atoms with Crippen LogP contribution in [0.1, 0.15) is 101 Å². The number of benzene rings is 2. The average Bonchev–Trinajstić information content (AvgIpc) is 4.21. The van der Waals surface area contributed by atoms with Gasteiger partial charge in [0.1, 0.15) is 48.6 Å². The highest BCUT2D eigenvalue weighted by Crippen LogP contribution is 2.41. The standard InChI is InChI=1S/C53H64ClFN12O7S/c1-29(2)44-39(19-38(68)20-41(44)54)47-46(55)48-40(22-56-47)50(64-23-36-11-12-37(24-64)59-36)61-52(60-48)72-18-17-63-15-13-33(14-16-63)25-73-43-21-42(74-62-43)45(30(3)4)51(69)66-27-65(71)28-67(66)53(70)58-31(5)34-7-9-35(10-8-34)49-32(6)57-26-75-49/h7-10,19-22,26,29-31,33,36-37,45,59,68,71H,11-18,23-25,27-28H2,1-6H3,(H,58,70). The molecule has 4 unspecified atom stereocenters. The van der Waals surface area contributed by atoms with Gasteiger partial charge in [0.2, 0.25) is 0 Å². The highest BCUT2D eigenvalue weighted by atomic mass is 35.5. The number of phenols is 1. The quantitative estimate of drug-likeness (QED) is 0.0714. The molecule has 0 spiro atoms. The van der Waals surface area contributed by atoms with Crippen molar-refractivity contribution in [2.24, 2.45) is 11.8 Å². The number of hydrazine groups is 1. The van der Waals surface area contributed by atoms with Crippen molar-refractivity contribution in [1.29, 1.82) is 0 Å². The van der Waals surface area contributed by atoms with Crippen LogP contribution in [0.5, 0.6) is 17.6 Å². The maximum atomic E-state index is 16.9. The number of phenolic OH excluding ortho intramolecular Hbond substituents is 1. The van der Waals surface area contributed by atoms with Crippen molar-refractivity contribution >= 4 is 51.6 Å². The Kier molecular flexibility index (Phi) is 15.4. The largest absolute Gasteiger partial charge is 0.508 e. The Labute approximate surface area is 443 Å². The fraction of sp³-hybridized carbons (Fsp3) is 0.491. The summed E-state index contributed by atoms with van der Waals surface area (Å²) in [5.41, 5.74) is 5.92. The summed E-state index contributed by atoms with van der Waals surface area (Å²) in [6.07, 6.45) is 5.46. The number of nitrogens with one attached hydrogen (secondary N) is 2. The van der Waals surface area contributed by atoms with Crippen molar-refractivity contribution < 1.29 is 38.3 Å². The average molecular weight is 1070 g/mol. The number of hydroxylamine groups is 2. The van der Waals surface area contributed by atoms with Crippen LogP contribution in [-0.4, -0.2) is 139 Å². The normalized spacial score (nSPS) is 19.4. The van der Waals surface area contributed by atoms with Gasteiger partial charge in [-0.1, -0.05) is 63.6 Å². The van der Waals surface area contributed by atoms with Crippen LogP contribution in [-0.2, 0) is 4.79 Å². The first-order valence-corrected chi connectivity index (χ1v) is 27.0. The molecule has 6 aromatic rings. The Morgan fingerprint density at radius 2 is 1.71 bits per heavy atom. The summed E-state index contributed by atoms with van der Waals surface area (Å²) in [5, 5.41) is 36.0. The molecule has 10 rings (SSSR count). The summed E-state index contributed by atoms with van der Waals surface area (Å²) in [4.78, 5) is 52.0. The number of aromatic hydroxyl groups is 1. The van der Waals surface area contributed by atoms with Crippen molar-refractivity contribution in [1.82, 2.24) is 55.7 Å². The zero-order valence-corrected chi connectivity index (χ0v) is 44.6. The number of pyridine rings is 1. The van der Waals surface area contributed by atoms with Gasteiger partial charge in [-0.15, -0.1) is 16.4 Å². The number of aryl methyl sites for hydroxylation is 1. The van der Waals surface area contributed by atoms with Gasteiger partial charge in [0, 0.05) is 54.6 Å². The smallest absolute Gasteiger partial charge is 0.338 e. The number of aromatic nitrogens is 5. The molecule has 0 radical (unpaired) electrons. The molecule has 2 bridgehead atoms. The zero-order chi connectivity index (χ0) is 52.7. The summed E-state index contributed by atoms with van der Waals surface area (Å²) >= 11 is 8.16. The van der Waals surface area contributed by atoms with E-state index >= 15 is 4.39 Å². The van der Waals surface area contributed by atoms with E-state index in [9.17, 15) is 19.9 Å². The van der Waals surface area contributed by atoms with Crippen molar-refractivity contribution in [3.63, 3.8) is 0 Å². The highest BCUT2D eigenvalue weighted by molar-refractivity contribution is 7.13. The summed E-state index contributed by atoms with van der Waals surface area (Å²) in [5.74, 6) is -0.904. The van der Waals surface area contributed by atoms with Crippen molar-refractivity contribution in [2.75, 3.05) is 64.2 Å². The van der Waals surface area contributed by atoms with Crippen LogP contribution in [0.2, 0.25) is 5.02 Å². The molecule has 75 heavy (non-hydrogen) atoms. The van der Waals surface area contributed by atoms with E-state index in [-0.39, 0.29) is 66.5 Å². The van der Waals surface area contributed by atoms with Gasteiger partial charge in [-0.2, -0.15) is 9.97 Å². The second-order valence-corrected chi connectivity index (χ2v) is 22.1. The molecule has 19 nitrogen and oxygen atoms in total. The third-order valence-corrected chi connectivity index (χ3v) is 16.1. The number of ether oxygens (including phenoxy) is 2. The van der Waals surface area contributed by atoms with E-state index < -0.39 is 29.7 Å². The maximum absolute atomic E-state index is 16.9.